The first-order valence-electron chi connectivity index (χ1n) is 6.02. The summed E-state index contributed by atoms with van der Waals surface area (Å²) >= 11 is 0. The van der Waals surface area contributed by atoms with Gasteiger partial charge in [-0.1, -0.05) is 0 Å². The van der Waals surface area contributed by atoms with E-state index in [2.05, 4.69) is 20.4 Å². The van der Waals surface area contributed by atoms with E-state index in [1.807, 2.05) is 30.3 Å². The van der Waals surface area contributed by atoms with Crippen LogP contribution in [0, 0.1) is 0 Å². The molecule has 0 aliphatic carbocycles. The van der Waals surface area contributed by atoms with Gasteiger partial charge < -0.3 is 4.74 Å². The molecular formula is C14H12N4O2. The maximum absolute atomic E-state index is 11.7. The number of hydrogen-bond acceptors (Lipinski definition) is 4. The van der Waals surface area contributed by atoms with Crippen molar-refractivity contribution in [1.82, 2.24) is 20.4 Å². The lowest BCUT2D eigenvalue weighted by Gasteiger charge is -2.06. The van der Waals surface area contributed by atoms with Crippen LogP contribution >= 0.6 is 0 Å². The molecule has 0 bridgehead atoms. The smallest absolute Gasteiger partial charge is 0.292 e. The average Bonchev–Trinajstić information content (AvgIpc) is 2.93. The van der Waals surface area contributed by atoms with E-state index in [0.29, 0.717) is 17.0 Å². The number of aromatic nitrogens is 4. The van der Waals surface area contributed by atoms with E-state index >= 15 is 0 Å². The molecule has 100 valence electrons. The van der Waals surface area contributed by atoms with Crippen LogP contribution in [-0.4, -0.2) is 27.5 Å². The molecular weight excluding hydrogens is 256 g/mol. The van der Waals surface area contributed by atoms with Gasteiger partial charge in [-0.15, -0.1) is 0 Å². The lowest BCUT2D eigenvalue weighted by Crippen LogP contribution is -2.03. The maximum Gasteiger partial charge on any atom is 0.292 e. The molecule has 6 heteroatoms. The Balaban J connectivity index is 2.14. The Bertz CT molecular complexity index is 774. The molecule has 6 nitrogen and oxygen atoms in total. The zero-order valence-electron chi connectivity index (χ0n) is 10.8. The number of methoxy groups -OCH3 is 1. The first kappa shape index (κ1) is 12.2. The number of pyridine rings is 1. The highest BCUT2D eigenvalue weighted by atomic mass is 16.5. The van der Waals surface area contributed by atoms with E-state index in [1.165, 1.54) is 0 Å². The minimum atomic E-state index is -0.271. The summed E-state index contributed by atoms with van der Waals surface area (Å²) in [6.45, 7) is 0. The molecule has 0 aliphatic rings. The van der Waals surface area contributed by atoms with E-state index in [1.54, 1.807) is 19.4 Å². The topological polar surface area (TPSA) is 83.7 Å². The van der Waals surface area contributed by atoms with Crippen LogP contribution in [-0.2, 0) is 0 Å². The molecule has 0 aliphatic heterocycles. The van der Waals surface area contributed by atoms with Crippen molar-refractivity contribution < 1.29 is 4.74 Å². The van der Waals surface area contributed by atoms with Crippen LogP contribution < -0.4 is 10.3 Å². The molecule has 0 radical (unpaired) electrons. The summed E-state index contributed by atoms with van der Waals surface area (Å²) in [5.74, 6) is 0.767. The van der Waals surface area contributed by atoms with Crippen LogP contribution in [0.2, 0.25) is 0 Å². The summed E-state index contributed by atoms with van der Waals surface area (Å²) in [7, 11) is 1.62. The minimum Gasteiger partial charge on any atom is -0.497 e. The van der Waals surface area contributed by atoms with Crippen molar-refractivity contribution in [2.75, 3.05) is 7.11 Å². The van der Waals surface area contributed by atoms with Crippen molar-refractivity contribution in [1.29, 1.82) is 0 Å². The van der Waals surface area contributed by atoms with Gasteiger partial charge >= 0.3 is 0 Å². The third-order valence-corrected chi connectivity index (χ3v) is 2.98. The third kappa shape index (κ3) is 2.07. The van der Waals surface area contributed by atoms with Crippen molar-refractivity contribution >= 4 is 0 Å². The van der Waals surface area contributed by atoms with E-state index in [4.69, 9.17) is 4.74 Å². The van der Waals surface area contributed by atoms with Gasteiger partial charge in [0.25, 0.3) is 5.56 Å². The number of ether oxygens (including phenoxy) is 1. The van der Waals surface area contributed by atoms with E-state index in [-0.39, 0.29) is 5.56 Å². The maximum atomic E-state index is 11.7. The molecule has 20 heavy (non-hydrogen) atoms. The highest BCUT2D eigenvalue weighted by molar-refractivity contribution is 5.78. The van der Waals surface area contributed by atoms with Gasteiger partial charge in [0, 0.05) is 17.3 Å². The summed E-state index contributed by atoms with van der Waals surface area (Å²) in [6.07, 6.45) is 1.68. The molecule has 0 fully saturated rings. The Morgan fingerprint density at radius 2 is 1.90 bits per heavy atom. The van der Waals surface area contributed by atoms with Gasteiger partial charge in [-0.25, -0.2) is 10.3 Å². The highest BCUT2D eigenvalue weighted by Gasteiger charge is 2.13. The van der Waals surface area contributed by atoms with Crippen LogP contribution in [0.1, 0.15) is 0 Å². The molecule has 3 aromatic rings. The summed E-state index contributed by atoms with van der Waals surface area (Å²) in [4.78, 5) is 16.1. The van der Waals surface area contributed by atoms with Crippen LogP contribution in [0.25, 0.3) is 22.5 Å². The van der Waals surface area contributed by atoms with E-state index < -0.39 is 0 Å². The van der Waals surface area contributed by atoms with Gasteiger partial charge in [-0.05, 0) is 36.4 Å². The largest absolute Gasteiger partial charge is 0.497 e. The van der Waals surface area contributed by atoms with Crippen LogP contribution in [0.3, 0.4) is 0 Å². The number of aromatic amines is 2. The van der Waals surface area contributed by atoms with Crippen LogP contribution in [0.15, 0.2) is 47.4 Å². The predicted octanol–water partition coefficient (Wildman–Crippen LogP) is 1.84. The fourth-order valence-corrected chi connectivity index (χ4v) is 2.00. The Hall–Kier alpha value is -2.89. The fourth-order valence-electron chi connectivity index (χ4n) is 2.00. The van der Waals surface area contributed by atoms with Gasteiger partial charge in [0.1, 0.15) is 5.75 Å². The number of nitrogens with one attached hydrogen (secondary N) is 2. The lowest BCUT2D eigenvalue weighted by atomic mass is 10.0. The van der Waals surface area contributed by atoms with Crippen molar-refractivity contribution in [2.45, 2.75) is 0 Å². The summed E-state index contributed by atoms with van der Waals surface area (Å²) in [5.41, 5.74) is 2.33. The van der Waals surface area contributed by atoms with E-state index in [9.17, 15) is 4.79 Å². The normalized spacial score (nSPS) is 10.4. The Morgan fingerprint density at radius 1 is 1.10 bits per heavy atom. The number of nitrogens with zero attached hydrogens (tertiary/aromatic N) is 2. The monoisotopic (exact) mass is 268 g/mol. The van der Waals surface area contributed by atoms with Crippen molar-refractivity contribution in [3.05, 3.63) is 52.9 Å². The zero-order chi connectivity index (χ0) is 13.9. The summed E-state index contributed by atoms with van der Waals surface area (Å²) < 4.78 is 5.13. The third-order valence-electron chi connectivity index (χ3n) is 2.98. The lowest BCUT2D eigenvalue weighted by molar-refractivity contribution is 0.415. The molecule has 0 saturated heterocycles. The molecule has 0 unspecified atom stereocenters. The molecule has 3 rings (SSSR count). The van der Waals surface area contributed by atoms with Gasteiger partial charge in [0.05, 0.1) is 12.8 Å². The molecule has 1 aromatic carbocycles. The molecule has 2 heterocycles. The molecule has 0 saturated carbocycles. The standard InChI is InChI=1S/C14H12N4O2/c1-20-10-6-4-9(5-7-10)12-11(3-2-8-15-12)13-14(19)17-18-16-13/h2-8H,1H3,(H2,16,17,18,19). The second-order valence-corrected chi connectivity index (χ2v) is 4.15. The Kier molecular flexibility index (Phi) is 3.04. The molecule has 0 amide bonds. The fraction of sp³-hybridized carbons (Fsp3) is 0.0714. The first-order valence-corrected chi connectivity index (χ1v) is 6.02. The van der Waals surface area contributed by atoms with Crippen LogP contribution in [0.4, 0.5) is 0 Å². The van der Waals surface area contributed by atoms with Crippen molar-refractivity contribution in [2.24, 2.45) is 0 Å². The second kappa shape index (κ2) is 5.00. The van der Waals surface area contributed by atoms with Gasteiger partial charge in [-0.3, -0.25) is 9.78 Å². The Morgan fingerprint density at radius 3 is 2.55 bits per heavy atom. The summed E-state index contributed by atoms with van der Waals surface area (Å²) in [6, 6.07) is 11.1. The van der Waals surface area contributed by atoms with Crippen molar-refractivity contribution in [3.63, 3.8) is 0 Å². The Labute approximate surface area is 114 Å². The van der Waals surface area contributed by atoms with E-state index in [0.717, 1.165) is 11.3 Å². The van der Waals surface area contributed by atoms with Crippen molar-refractivity contribution in [3.8, 4) is 28.3 Å². The van der Waals surface area contributed by atoms with Gasteiger partial charge in [0.2, 0.25) is 0 Å². The first-order chi connectivity index (χ1) is 9.79. The molecule has 2 aromatic heterocycles. The van der Waals surface area contributed by atoms with Crippen LogP contribution in [0.5, 0.6) is 5.75 Å². The quantitative estimate of drug-likeness (QED) is 0.759. The molecule has 0 spiro atoms. The average molecular weight is 268 g/mol. The molecule has 2 N–H and O–H groups in total. The number of hydrogen-bond donors (Lipinski definition) is 2. The van der Waals surface area contributed by atoms with Gasteiger partial charge in [-0.2, -0.15) is 5.10 Å². The SMILES string of the molecule is COc1ccc(-c2ncccc2-c2n[nH][nH]c2=O)cc1. The minimum absolute atomic E-state index is 0.271. The summed E-state index contributed by atoms with van der Waals surface area (Å²) in [5, 5.41) is 8.83. The molecule has 0 atom stereocenters. The zero-order valence-corrected chi connectivity index (χ0v) is 10.8. The number of rotatable bonds is 3. The predicted molar refractivity (Wildman–Crippen MR) is 74.4 cm³/mol. The number of benzene rings is 1. The number of H-pyrrole nitrogens is 2. The second-order valence-electron chi connectivity index (χ2n) is 4.15. The van der Waals surface area contributed by atoms with Gasteiger partial charge in [0.15, 0.2) is 5.69 Å². The highest BCUT2D eigenvalue weighted by Crippen LogP contribution is 2.28.